The molecule has 1 spiro atoms. The zero-order valence-electron chi connectivity index (χ0n) is 8.54. The van der Waals surface area contributed by atoms with Crippen molar-refractivity contribution < 1.29 is 14.3 Å². The van der Waals surface area contributed by atoms with Crippen LogP contribution in [0.25, 0.3) is 0 Å². The minimum atomic E-state index is -0.234. The SMILES string of the molecule is CCOC(=O)/C=C1/COC2(CCC2)C1. The predicted octanol–water partition coefficient (Wildman–Crippen LogP) is 1.82. The fraction of sp³-hybridized carbons (Fsp3) is 0.727. The Balaban J connectivity index is 1.91. The quantitative estimate of drug-likeness (QED) is 0.499. The van der Waals surface area contributed by atoms with Crippen LogP contribution >= 0.6 is 0 Å². The van der Waals surface area contributed by atoms with Gasteiger partial charge in [-0.3, -0.25) is 0 Å². The third-order valence-electron chi connectivity index (χ3n) is 2.99. The maximum Gasteiger partial charge on any atom is 0.330 e. The number of hydrogen-bond acceptors (Lipinski definition) is 3. The Labute approximate surface area is 84.1 Å². The van der Waals surface area contributed by atoms with Gasteiger partial charge in [-0.1, -0.05) is 0 Å². The van der Waals surface area contributed by atoms with E-state index in [0.29, 0.717) is 13.2 Å². The van der Waals surface area contributed by atoms with E-state index in [1.165, 1.54) is 6.42 Å². The molecule has 1 heterocycles. The van der Waals surface area contributed by atoms with Gasteiger partial charge >= 0.3 is 5.97 Å². The van der Waals surface area contributed by atoms with Crippen LogP contribution in [-0.2, 0) is 14.3 Å². The van der Waals surface area contributed by atoms with E-state index >= 15 is 0 Å². The second-order valence-corrected chi connectivity index (χ2v) is 4.06. The monoisotopic (exact) mass is 196 g/mol. The Hall–Kier alpha value is -0.830. The summed E-state index contributed by atoms with van der Waals surface area (Å²) < 4.78 is 10.5. The Morgan fingerprint density at radius 3 is 2.93 bits per heavy atom. The molecule has 2 fully saturated rings. The van der Waals surface area contributed by atoms with Crippen molar-refractivity contribution >= 4 is 5.97 Å². The summed E-state index contributed by atoms with van der Waals surface area (Å²) in [4.78, 5) is 11.2. The van der Waals surface area contributed by atoms with Crippen LogP contribution < -0.4 is 0 Å². The molecule has 2 aliphatic rings. The third kappa shape index (κ3) is 1.82. The Morgan fingerprint density at radius 2 is 2.43 bits per heavy atom. The van der Waals surface area contributed by atoms with E-state index < -0.39 is 0 Å². The smallest absolute Gasteiger partial charge is 0.330 e. The zero-order valence-corrected chi connectivity index (χ0v) is 8.54. The highest BCUT2D eigenvalue weighted by Crippen LogP contribution is 2.44. The van der Waals surface area contributed by atoms with Gasteiger partial charge in [-0.05, 0) is 31.8 Å². The molecule has 0 amide bonds. The molecule has 3 nitrogen and oxygen atoms in total. The van der Waals surface area contributed by atoms with Crippen molar-refractivity contribution in [3.05, 3.63) is 11.6 Å². The summed E-state index contributed by atoms with van der Waals surface area (Å²) in [5, 5.41) is 0. The second-order valence-electron chi connectivity index (χ2n) is 4.06. The minimum absolute atomic E-state index is 0.0956. The number of ether oxygens (including phenoxy) is 2. The number of esters is 1. The molecule has 0 aromatic heterocycles. The number of rotatable bonds is 2. The Morgan fingerprint density at radius 1 is 1.64 bits per heavy atom. The number of carbonyl (C=O) groups excluding carboxylic acids is 1. The Bertz CT molecular complexity index is 264. The van der Waals surface area contributed by atoms with Gasteiger partial charge in [0.2, 0.25) is 0 Å². The van der Waals surface area contributed by atoms with Crippen LogP contribution in [0.4, 0.5) is 0 Å². The number of hydrogen-bond donors (Lipinski definition) is 0. The van der Waals surface area contributed by atoms with Crippen molar-refractivity contribution in [2.24, 2.45) is 0 Å². The predicted molar refractivity (Wildman–Crippen MR) is 51.9 cm³/mol. The molecular formula is C11H16O3. The summed E-state index contributed by atoms with van der Waals surface area (Å²) in [5.41, 5.74) is 1.18. The van der Waals surface area contributed by atoms with Gasteiger partial charge in [0.25, 0.3) is 0 Å². The van der Waals surface area contributed by atoms with E-state index in [1.54, 1.807) is 6.08 Å². The lowest BCUT2D eigenvalue weighted by Crippen LogP contribution is -2.35. The molecule has 0 radical (unpaired) electrons. The average Bonchev–Trinajstić information content (AvgIpc) is 2.48. The lowest BCUT2D eigenvalue weighted by Gasteiger charge is -2.36. The van der Waals surface area contributed by atoms with Gasteiger partial charge in [0, 0.05) is 12.5 Å². The zero-order chi connectivity index (χ0) is 10.0. The van der Waals surface area contributed by atoms with Crippen LogP contribution in [0.1, 0.15) is 32.6 Å². The summed E-state index contributed by atoms with van der Waals surface area (Å²) >= 11 is 0. The first kappa shape index (κ1) is 9.71. The molecule has 0 N–H and O–H groups in total. The molecule has 1 aliphatic carbocycles. The van der Waals surface area contributed by atoms with Crippen molar-refractivity contribution in [3.63, 3.8) is 0 Å². The summed E-state index contributed by atoms with van der Waals surface area (Å²) in [6.45, 7) is 2.86. The highest BCUT2D eigenvalue weighted by molar-refractivity contribution is 5.82. The van der Waals surface area contributed by atoms with E-state index in [2.05, 4.69) is 0 Å². The normalized spacial score (nSPS) is 26.5. The first-order valence-corrected chi connectivity index (χ1v) is 5.24. The molecule has 0 bridgehead atoms. The minimum Gasteiger partial charge on any atom is -0.463 e. The van der Waals surface area contributed by atoms with E-state index in [4.69, 9.17) is 9.47 Å². The van der Waals surface area contributed by atoms with Crippen LogP contribution in [0.5, 0.6) is 0 Å². The molecular weight excluding hydrogens is 180 g/mol. The highest BCUT2D eigenvalue weighted by Gasteiger charge is 2.42. The first-order chi connectivity index (χ1) is 6.74. The maximum atomic E-state index is 11.2. The molecule has 78 valence electrons. The van der Waals surface area contributed by atoms with Gasteiger partial charge in [0.1, 0.15) is 0 Å². The molecule has 0 aromatic rings. The summed E-state index contributed by atoms with van der Waals surface area (Å²) in [5.74, 6) is -0.234. The van der Waals surface area contributed by atoms with Gasteiger partial charge in [-0.15, -0.1) is 0 Å². The van der Waals surface area contributed by atoms with Gasteiger partial charge in [0.05, 0.1) is 18.8 Å². The fourth-order valence-electron chi connectivity index (χ4n) is 2.10. The molecule has 14 heavy (non-hydrogen) atoms. The summed E-state index contributed by atoms with van der Waals surface area (Å²) in [7, 11) is 0. The second kappa shape index (κ2) is 3.73. The Kier molecular flexibility index (Phi) is 2.59. The maximum absolute atomic E-state index is 11.2. The van der Waals surface area contributed by atoms with Crippen LogP contribution in [0.2, 0.25) is 0 Å². The van der Waals surface area contributed by atoms with Crippen LogP contribution in [-0.4, -0.2) is 24.8 Å². The van der Waals surface area contributed by atoms with Crippen LogP contribution in [0.3, 0.4) is 0 Å². The van der Waals surface area contributed by atoms with Crippen molar-refractivity contribution in [1.82, 2.24) is 0 Å². The highest BCUT2D eigenvalue weighted by atomic mass is 16.5. The van der Waals surface area contributed by atoms with E-state index in [-0.39, 0.29) is 11.6 Å². The standard InChI is InChI=1S/C11H16O3/c1-2-13-10(12)6-9-7-11(14-8-9)4-3-5-11/h6H,2-5,7-8H2,1H3/b9-6+. The number of carbonyl (C=O) groups is 1. The fourth-order valence-corrected chi connectivity index (χ4v) is 2.10. The molecule has 2 rings (SSSR count). The largest absolute Gasteiger partial charge is 0.463 e. The third-order valence-corrected chi connectivity index (χ3v) is 2.99. The van der Waals surface area contributed by atoms with E-state index in [9.17, 15) is 4.79 Å². The lowest BCUT2D eigenvalue weighted by molar-refractivity contribution is -0.137. The molecule has 1 aliphatic heterocycles. The van der Waals surface area contributed by atoms with Gasteiger partial charge in [-0.2, -0.15) is 0 Å². The molecule has 0 unspecified atom stereocenters. The van der Waals surface area contributed by atoms with Crippen molar-refractivity contribution in [2.75, 3.05) is 13.2 Å². The topological polar surface area (TPSA) is 35.5 Å². The molecule has 0 aromatic carbocycles. The molecule has 3 heteroatoms. The summed E-state index contributed by atoms with van der Waals surface area (Å²) in [6.07, 6.45) is 6.06. The van der Waals surface area contributed by atoms with Crippen LogP contribution in [0.15, 0.2) is 11.6 Å². The van der Waals surface area contributed by atoms with Crippen molar-refractivity contribution in [2.45, 2.75) is 38.2 Å². The molecule has 1 saturated heterocycles. The molecule has 0 atom stereocenters. The van der Waals surface area contributed by atoms with Gasteiger partial charge in [-0.25, -0.2) is 4.79 Å². The summed E-state index contributed by atoms with van der Waals surface area (Å²) in [6, 6.07) is 0. The van der Waals surface area contributed by atoms with Gasteiger partial charge in [0.15, 0.2) is 0 Å². The van der Waals surface area contributed by atoms with Gasteiger partial charge < -0.3 is 9.47 Å². The first-order valence-electron chi connectivity index (χ1n) is 5.24. The average molecular weight is 196 g/mol. The lowest BCUT2D eigenvalue weighted by atomic mass is 9.77. The van der Waals surface area contributed by atoms with E-state index in [1.807, 2.05) is 6.92 Å². The van der Waals surface area contributed by atoms with E-state index in [0.717, 1.165) is 24.8 Å². The molecule has 1 saturated carbocycles. The van der Waals surface area contributed by atoms with Crippen molar-refractivity contribution in [3.8, 4) is 0 Å². The van der Waals surface area contributed by atoms with Crippen LogP contribution in [0, 0.1) is 0 Å². The van der Waals surface area contributed by atoms with Crippen molar-refractivity contribution in [1.29, 1.82) is 0 Å².